The maximum absolute atomic E-state index is 13.2. The van der Waals surface area contributed by atoms with E-state index in [1.165, 1.54) is 0 Å². The fourth-order valence-electron chi connectivity index (χ4n) is 2.94. The molecule has 1 aliphatic rings. The van der Waals surface area contributed by atoms with Crippen molar-refractivity contribution in [3.05, 3.63) is 30.1 Å². The quantitative estimate of drug-likeness (QED) is 0.873. The number of carboxylic acid groups (broad SMARTS) is 1. The highest BCUT2D eigenvalue weighted by Gasteiger charge is 2.39. The van der Waals surface area contributed by atoms with Gasteiger partial charge in [-0.3, -0.25) is 19.0 Å². The molecule has 1 N–H and O–H groups in total. The van der Waals surface area contributed by atoms with Gasteiger partial charge >= 0.3 is 12.1 Å². The smallest absolute Gasteiger partial charge is 0.450 e. The molecule has 1 saturated heterocycles. The van der Waals surface area contributed by atoms with Crippen LogP contribution in [0.4, 0.5) is 13.2 Å². The van der Waals surface area contributed by atoms with Crippen molar-refractivity contribution >= 4 is 17.4 Å². The molecule has 1 amide bonds. The molecule has 0 atom stereocenters. The minimum absolute atomic E-state index is 0.132. The molecule has 11 heteroatoms. The van der Waals surface area contributed by atoms with Gasteiger partial charge in [-0.15, -0.1) is 0 Å². The van der Waals surface area contributed by atoms with Crippen LogP contribution in [0.5, 0.6) is 0 Å². The van der Waals surface area contributed by atoms with Gasteiger partial charge in [0, 0.05) is 31.6 Å². The number of aromatic nitrogens is 3. The third-order valence-electron chi connectivity index (χ3n) is 4.10. The normalized spacial score (nSPS) is 16.0. The SMILES string of the molecule is O=C(O)CN(C(=O)c1nc(C(F)(F)F)n2ccncc12)C1CCOCC1. The molecular formula is C15H15F3N4O4. The summed E-state index contributed by atoms with van der Waals surface area (Å²) in [5.41, 5.74) is -0.606. The minimum atomic E-state index is -4.78. The van der Waals surface area contributed by atoms with Gasteiger partial charge in [0.05, 0.1) is 11.7 Å². The van der Waals surface area contributed by atoms with Crippen molar-refractivity contribution in [2.45, 2.75) is 25.1 Å². The number of alkyl halides is 3. The molecule has 0 bridgehead atoms. The Kier molecular flexibility index (Phi) is 4.81. The first-order valence-electron chi connectivity index (χ1n) is 7.79. The lowest BCUT2D eigenvalue weighted by Crippen LogP contribution is -2.46. The van der Waals surface area contributed by atoms with E-state index in [2.05, 4.69) is 9.97 Å². The molecule has 2 aromatic heterocycles. The van der Waals surface area contributed by atoms with Crippen LogP contribution in [0.2, 0.25) is 0 Å². The third kappa shape index (κ3) is 3.47. The first-order chi connectivity index (χ1) is 12.3. The number of fused-ring (bicyclic) bond motifs is 1. The van der Waals surface area contributed by atoms with Crippen molar-refractivity contribution in [2.24, 2.45) is 0 Å². The highest BCUT2D eigenvalue weighted by Crippen LogP contribution is 2.30. The van der Waals surface area contributed by atoms with Crippen molar-refractivity contribution in [2.75, 3.05) is 19.8 Å². The Morgan fingerprint density at radius 1 is 1.35 bits per heavy atom. The fraction of sp³-hybridized carbons (Fsp3) is 0.467. The summed E-state index contributed by atoms with van der Waals surface area (Å²) in [5, 5.41) is 9.11. The van der Waals surface area contributed by atoms with Crippen molar-refractivity contribution in [1.29, 1.82) is 0 Å². The van der Waals surface area contributed by atoms with E-state index in [4.69, 9.17) is 9.84 Å². The van der Waals surface area contributed by atoms with Gasteiger partial charge in [-0.2, -0.15) is 13.2 Å². The van der Waals surface area contributed by atoms with Crippen LogP contribution in [0.25, 0.3) is 5.52 Å². The Morgan fingerprint density at radius 3 is 2.65 bits per heavy atom. The van der Waals surface area contributed by atoms with Gasteiger partial charge in [-0.1, -0.05) is 0 Å². The largest absolute Gasteiger partial charge is 0.480 e. The second-order valence-electron chi connectivity index (χ2n) is 5.78. The molecule has 1 fully saturated rings. The molecule has 3 rings (SSSR count). The molecule has 0 radical (unpaired) electrons. The van der Waals surface area contributed by atoms with Gasteiger partial charge in [0.1, 0.15) is 6.54 Å². The van der Waals surface area contributed by atoms with Gasteiger partial charge in [0.2, 0.25) is 5.82 Å². The zero-order chi connectivity index (χ0) is 18.9. The number of carboxylic acids is 1. The Labute approximate surface area is 145 Å². The average molecular weight is 372 g/mol. The van der Waals surface area contributed by atoms with Crippen LogP contribution in [-0.2, 0) is 15.7 Å². The van der Waals surface area contributed by atoms with E-state index >= 15 is 0 Å². The Balaban J connectivity index is 2.05. The molecule has 0 aromatic carbocycles. The lowest BCUT2D eigenvalue weighted by atomic mass is 10.1. The topological polar surface area (TPSA) is 97.0 Å². The summed E-state index contributed by atoms with van der Waals surface area (Å²) in [7, 11) is 0. The lowest BCUT2D eigenvalue weighted by molar-refractivity contribution is -0.145. The molecule has 2 aromatic rings. The monoisotopic (exact) mass is 372 g/mol. The van der Waals surface area contributed by atoms with E-state index in [0.717, 1.165) is 27.9 Å². The molecule has 0 aliphatic carbocycles. The predicted molar refractivity (Wildman–Crippen MR) is 80.5 cm³/mol. The van der Waals surface area contributed by atoms with Crippen LogP contribution in [-0.4, -0.2) is 62.1 Å². The second kappa shape index (κ2) is 6.90. The Hall–Kier alpha value is -2.69. The number of hydrogen-bond acceptors (Lipinski definition) is 5. The maximum atomic E-state index is 13.2. The molecule has 8 nitrogen and oxygen atoms in total. The molecule has 140 valence electrons. The number of amides is 1. The molecular weight excluding hydrogens is 357 g/mol. The summed E-state index contributed by atoms with van der Waals surface area (Å²) >= 11 is 0. The maximum Gasteiger partial charge on any atom is 0.450 e. The van der Waals surface area contributed by atoms with Crippen molar-refractivity contribution < 1.29 is 32.6 Å². The average Bonchev–Trinajstić information content (AvgIpc) is 3.00. The first kappa shape index (κ1) is 18.1. The minimum Gasteiger partial charge on any atom is -0.480 e. The number of nitrogens with zero attached hydrogens (tertiary/aromatic N) is 4. The number of ether oxygens (including phenoxy) is 1. The van der Waals surface area contributed by atoms with Crippen LogP contribution in [0.1, 0.15) is 29.2 Å². The fourth-order valence-corrected chi connectivity index (χ4v) is 2.94. The summed E-state index contributed by atoms with van der Waals surface area (Å²) in [6, 6.07) is -0.449. The lowest BCUT2D eigenvalue weighted by Gasteiger charge is -2.32. The number of carbonyl (C=O) groups excluding carboxylic acids is 1. The third-order valence-corrected chi connectivity index (χ3v) is 4.10. The van der Waals surface area contributed by atoms with Crippen LogP contribution in [0.15, 0.2) is 18.6 Å². The summed E-state index contributed by atoms with van der Waals surface area (Å²) in [4.78, 5) is 32.3. The molecule has 0 unspecified atom stereocenters. The van der Waals surface area contributed by atoms with E-state index in [9.17, 15) is 22.8 Å². The van der Waals surface area contributed by atoms with Crippen molar-refractivity contribution in [3.8, 4) is 0 Å². The van der Waals surface area contributed by atoms with E-state index < -0.39 is 42.2 Å². The van der Waals surface area contributed by atoms with Crippen LogP contribution in [0.3, 0.4) is 0 Å². The van der Waals surface area contributed by atoms with Crippen molar-refractivity contribution in [3.63, 3.8) is 0 Å². The summed E-state index contributed by atoms with van der Waals surface area (Å²) in [6.07, 6.45) is -0.689. The standard InChI is InChI=1S/C15H15F3N4O4/c16-15(17,18)14-20-12(10-7-19-3-4-21(10)14)13(25)22(8-11(23)24)9-1-5-26-6-2-9/h3-4,7,9H,1-2,5-6,8H2,(H,23,24). The second-order valence-corrected chi connectivity index (χ2v) is 5.78. The number of carbonyl (C=O) groups is 2. The number of aliphatic carboxylic acids is 1. The summed E-state index contributed by atoms with van der Waals surface area (Å²) in [5.74, 6) is -3.40. The zero-order valence-electron chi connectivity index (χ0n) is 13.4. The zero-order valence-corrected chi connectivity index (χ0v) is 13.4. The predicted octanol–water partition coefficient (Wildman–Crippen LogP) is 1.45. The Morgan fingerprint density at radius 2 is 2.04 bits per heavy atom. The number of halogens is 3. The highest BCUT2D eigenvalue weighted by atomic mass is 19.4. The van der Waals surface area contributed by atoms with Crippen molar-refractivity contribution in [1.82, 2.24) is 19.3 Å². The van der Waals surface area contributed by atoms with Crippen LogP contribution >= 0.6 is 0 Å². The van der Waals surface area contributed by atoms with Gasteiger partial charge in [0.25, 0.3) is 5.91 Å². The van der Waals surface area contributed by atoms with Gasteiger partial charge in [-0.05, 0) is 12.8 Å². The molecule has 1 aliphatic heterocycles. The van der Waals surface area contributed by atoms with E-state index in [1.54, 1.807) is 0 Å². The molecule has 0 saturated carbocycles. The number of rotatable bonds is 4. The van der Waals surface area contributed by atoms with Gasteiger partial charge in [0.15, 0.2) is 5.69 Å². The molecule has 26 heavy (non-hydrogen) atoms. The number of hydrogen-bond donors (Lipinski definition) is 1. The highest BCUT2D eigenvalue weighted by molar-refractivity contribution is 6.00. The first-order valence-corrected chi connectivity index (χ1v) is 7.79. The summed E-state index contributed by atoms with van der Waals surface area (Å²) < 4.78 is 45.6. The van der Waals surface area contributed by atoms with E-state index in [-0.39, 0.29) is 5.52 Å². The Bertz CT molecular complexity index is 830. The van der Waals surface area contributed by atoms with Crippen LogP contribution < -0.4 is 0 Å². The molecule has 3 heterocycles. The van der Waals surface area contributed by atoms with Gasteiger partial charge < -0.3 is 14.7 Å². The van der Waals surface area contributed by atoms with Crippen LogP contribution in [0, 0.1) is 0 Å². The van der Waals surface area contributed by atoms with Gasteiger partial charge in [-0.25, -0.2) is 4.98 Å². The van der Waals surface area contributed by atoms with E-state index in [1.807, 2.05) is 0 Å². The summed E-state index contributed by atoms with van der Waals surface area (Å²) in [6.45, 7) is 0.0465. The number of imidazole rings is 1. The van der Waals surface area contributed by atoms with E-state index in [0.29, 0.717) is 26.1 Å². The molecule has 0 spiro atoms.